The number of anilines is 1. The van der Waals surface area contributed by atoms with Crippen LogP contribution in [0.1, 0.15) is 26.4 Å². The molecular weight excluding hydrogens is 404 g/mol. The van der Waals surface area contributed by atoms with Crippen LogP contribution < -0.4 is 5.32 Å². The van der Waals surface area contributed by atoms with Gasteiger partial charge in [0.1, 0.15) is 5.82 Å². The van der Waals surface area contributed by atoms with Gasteiger partial charge in [-0.2, -0.15) is 13.2 Å². The zero-order chi connectivity index (χ0) is 19.6. The molecule has 0 fully saturated rings. The zero-order valence-electron chi connectivity index (χ0n) is 13.5. The highest BCUT2D eigenvalue weighted by atomic mass is 35.5. The van der Waals surface area contributed by atoms with Crippen LogP contribution >= 0.6 is 22.9 Å². The fourth-order valence-corrected chi connectivity index (χ4v) is 3.44. The average molecular weight is 415 g/mol. The summed E-state index contributed by atoms with van der Waals surface area (Å²) >= 11 is 6.98. The molecule has 3 aromatic rings. The predicted molar refractivity (Wildman–Crippen MR) is 95.7 cm³/mol. The summed E-state index contributed by atoms with van der Waals surface area (Å²) in [5, 5.41) is 2.77. The summed E-state index contributed by atoms with van der Waals surface area (Å²) in [6.45, 7) is 0. The van der Waals surface area contributed by atoms with Crippen molar-refractivity contribution in [3.8, 4) is 0 Å². The Hall–Kier alpha value is -2.45. The number of hydrogen-bond acceptors (Lipinski definition) is 3. The van der Waals surface area contributed by atoms with Gasteiger partial charge in [-0.1, -0.05) is 29.8 Å². The number of amides is 1. The molecule has 1 aromatic heterocycles. The molecule has 0 atom stereocenters. The number of nitrogens with zero attached hydrogens (tertiary/aromatic N) is 1. The minimum Gasteiger partial charge on any atom is -0.298 e. The third-order valence-electron chi connectivity index (χ3n) is 3.58. The molecule has 0 saturated carbocycles. The first-order valence-corrected chi connectivity index (χ1v) is 8.79. The summed E-state index contributed by atoms with van der Waals surface area (Å²) in [6, 6.07) is 8.41. The molecule has 1 N–H and O–H groups in total. The topological polar surface area (TPSA) is 42.0 Å². The van der Waals surface area contributed by atoms with Crippen LogP contribution in [0.15, 0.2) is 48.7 Å². The second-order valence-electron chi connectivity index (χ2n) is 5.58. The van der Waals surface area contributed by atoms with Crippen LogP contribution in [0.2, 0.25) is 5.02 Å². The maximum atomic E-state index is 13.1. The van der Waals surface area contributed by atoms with Crippen molar-refractivity contribution in [3.05, 3.63) is 81.1 Å². The van der Waals surface area contributed by atoms with Gasteiger partial charge in [-0.3, -0.25) is 10.1 Å². The highest BCUT2D eigenvalue weighted by molar-refractivity contribution is 7.15. The Balaban J connectivity index is 1.71. The molecule has 0 radical (unpaired) electrons. The second kappa shape index (κ2) is 7.66. The van der Waals surface area contributed by atoms with E-state index in [1.165, 1.54) is 18.3 Å². The first-order chi connectivity index (χ1) is 12.7. The normalized spacial score (nSPS) is 11.4. The van der Waals surface area contributed by atoms with Gasteiger partial charge in [-0.15, -0.1) is 11.3 Å². The van der Waals surface area contributed by atoms with Crippen molar-refractivity contribution in [3.63, 3.8) is 0 Å². The Morgan fingerprint density at radius 3 is 2.67 bits per heavy atom. The van der Waals surface area contributed by atoms with E-state index in [1.54, 1.807) is 6.07 Å². The Morgan fingerprint density at radius 1 is 1.19 bits per heavy atom. The quantitative estimate of drug-likeness (QED) is 0.548. The summed E-state index contributed by atoms with van der Waals surface area (Å²) in [6.07, 6.45) is -2.68. The van der Waals surface area contributed by atoms with Crippen molar-refractivity contribution in [2.45, 2.75) is 12.6 Å². The number of halogens is 5. The summed E-state index contributed by atoms with van der Waals surface area (Å²) in [5.41, 5.74) is -0.149. The Bertz CT molecular complexity index is 987. The van der Waals surface area contributed by atoms with E-state index in [0.717, 1.165) is 35.6 Å². The maximum absolute atomic E-state index is 13.1. The summed E-state index contributed by atoms with van der Waals surface area (Å²) in [4.78, 5) is 16.9. The van der Waals surface area contributed by atoms with Gasteiger partial charge >= 0.3 is 6.18 Å². The lowest BCUT2D eigenvalue weighted by Crippen LogP contribution is -2.12. The van der Waals surface area contributed by atoms with Crippen LogP contribution in [0.5, 0.6) is 0 Å². The van der Waals surface area contributed by atoms with Gasteiger partial charge in [0.25, 0.3) is 5.91 Å². The molecule has 0 aliphatic heterocycles. The van der Waals surface area contributed by atoms with Crippen LogP contribution in [-0.4, -0.2) is 10.9 Å². The van der Waals surface area contributed by atoms with Crippen molar-refractivity contribution in [2.75, 3.05) is 5.32 Å². The number of carbonyl (C=O) groups excluding carboxylic acids is 1. The number of rotatable bonds is 4. The van der Waals surface area contributed by atoms with Crippen LogP contribution in [0, 0.1) is 5.82 Å². The van der Waals surface area contributed by atoms with E-state index in [0.29, 0.717) is 10.4 Å². The third-order valence-corrected chi connectivity index (χ3v) is 4.81. The molecule has 0 aliphatic carbocycles. The van der Waals surface area contributed by atoms with Gasteiger partial charge in [0, 0.05) is 17.5 Å². The standard InChI is InChI=1S/C18H11ClF4N2OS/c19-15-8-12(20)4-5-14(15)16(26)25-17-24-9-13(27-17)7-10-2-1-3-11(6-10)18(21,22)23/h1-6,8-9H,7H2,(H,24,25,26). The van der Waals surface area contributed by atoms with E-state index in [9.17, 15) is 22.4 Å². The lowest BCUT2D eigenvalue weighted by Gasteiger charge is -2.07. The van der Waals surface area contributed by atoms with E-state index in [2.05, 4.69) is 10.3 Å². The number of aromatic nitrogens is 1. The van der Waals surface area contributed by atoms with Crippen molar-refractivity contribution < 1.29 is 22.4 Å². The minimum absolute atomic E-state index is 0.0340. The largest absolute Gasteiger partial charge is 0.416 e. The summed E-state index contributed by atoms with van der Waals surface area (Å²) in [7, 11) is 0. The monoisotopic (exact) mass is 414 g/mol. The molecule has 2 aromatic carbocycles. The van der Waals surface area contributed by atoms with E-state index in [4.69, 9.17) is 11.6 Å². The molecule has 0 spiro atoms. The van der Waals surface area contributed by atoms with Gasteiger partial charge in [0.05, 0.1) is 16.1 Å². The van der Waals surface area contributed by atoms with E-state index in [-0.39, 0.29) is 22.1 Å². The van der Waals surface area contributed by atoms with Crippen LogP contribution in [0.4, 0.5) is 22.7 Å². The number of hydrogen-bond donors (Lipinski definition) is 1. The molecule has 1 amide bonds. The Labute approximate surface area is 160 Å². The molecular formula is C18H11ClF4N2OS. The third kappa shape index (κ3) is 4.84. The fourth-order valence-electron chi connectivity index (χ4n) is 2.34. The number of alkyl halides is 3. The van der Waals surface area contributed by atoms with E-state index < -0.39 is 23.5 Å². The van der Waals surface area contributed by atoms with Crippen molar-refractivity contribution in [1.29, 1.82) is 0 Å². The Morgan fingerprint density at radius 2 is 1.96 bits per heavy atom. The van der Waals surface area contributed by atoms with Gasteiger partial charge in [-0.25, -0.2) is 9.37 Å². The van der Waals surface area contributed by atoms with Crippen LogP contribution in [0.3, 0.4) is 0 Å². The summed E-state index contributed by atoms with van der Waals surface area (Å²) in [5.74, 6) is -1.12. The average Bonchev–Trinajstić information content (AvgIpc) is 3.01. The minimum atomic E-state index is -4.41. The molecule has 140 valence electrons. The first-order valence-electron chi connectivity index (χ1n) is 7.59. The van der Waals surface area contributed by atoms with E-state index >= 15 is 0 Å². The van der Waals surface area contributed by atoms with Gasteiger partial charge < -0.3 is 0 Å². The smallest absolute Gasteiger partial charge is 0.298 e. The zero-order valence-corrected chi connectivity index (χ0v) is 15.1. The number of nitrogens with one attached hydrogen (secondary N) is 1. The highest BCUT2D eigenvalue weighted by Gasteiger charge is 2.30. The Kier molecular flexibility index (Phi) is 5.48. The van der Waals surface area contributed by atoms with Crippen LogP contribution in [-0.2, 0) is 12.6 Å². The number of thiazole rings is 1. The molecule has 9 heteroatoms. The predicted octanol–water partition coefficient (Wildman–Crippen LogP) is 5.80. The van der Waals surface area contributed by atoms with Crippen molar-refractivity contribution in [1.82, 2.24) is 4.98 Å². The maximum Gasteiger partial charge on any atom is 0.416 e. The van der Waals surface area contributed by atoms with Crippen molar-refractivity contribution >= 4 is 34.0 Å². The van der Waals surface area contributed by atoms with Crippen LogP contribution in [0.25, 0.3) is 0 Å². The SMILES string of the molecule is O=C(Nc1ncc(Cc2cccc(C(F)(F)F)c2)s1)c1ccc(F)cc1Cl. The van der Waals surface area contributed by atoms with E-state index in [1.807, 2.05) is 0 Å². The highest BCUT2D eigenvalue weighted by Crippen LogP contribution is 2.30. The fraction of sp³-hybridized carbons (Fsp3) is 0.111. The van der Waals surface area contributed by atoms with Gasteiger partial charge in [-0.05, 0) is 29.8 Å². The molecule has 1 heterocycles. The molecule has 0 aliphatic rings. The van der Waals surface area contributed by atoms with Crippen molar-refractivity contribution in [2.24, 2.45) is 0 Å². The molecule has 27 heavy (non-hydrogen) atoms. The second-order valence-corrected chi connectivity index (χ2v) is 7.11. The lowest BCUT2D eigenvalue weighted by molar-refractivity contribution is -0.137. The number of carbonyl (C=O) groups is 1. The van der Waals surface area contributed by atoms with Gasteiger partial charge in [0.15, 0.2) is 5.13 Å². The molecule has 3 rings (SSSR count). The lowest BCUT2D eigenvalue weighted by atomic mass is 10.1. The molecule has 0 bridgehead atoms. The van der Waals surface area contributed by atoms with Gasteiger partial charge in [0.2, 0.25) is 0 Å². The summed E-state index contributed by atoms with van der Waals surface area (Å²) < 4.78 is 51.4. The molecule has 0 saturated heterocycles. The number of benzene rings is 2. The molecule has 0 unspecified atom stereocenters. The first kappa shape index (κ1) is 19.3. The molecule has 3 nitrogen and oxygen atoms in total.